The topological polar surface area (TPSA) is 101 Å². The first-order valence-electron chi connectivity index (χ1n) is 10.7. The number of benzene rings is 1. The van der Waals surface area contributed by atoms with Crippen molar-refractivity contribution in [2.75, 3.05) is 43.5 Å². The smallest absolute Gasteiger partial charge is 0.243 e. The molecular formula is C23H28N6O3S. The van der Waals surface area contributed by atoms with Crippen LogP contribution in [0.1, 0.15) is 16.7 Å². The second-order valence-electron chi connectivity index (χ2n) is 8.08. The van der Waals surface area contributed by atoms with Crippen LogP contribution in [0.25, 0.3) is 0 Å². The summed E-state index contributed by atoms with van der Waals surface area (Å²) in [5.41, 5.74) is 2.57. The number of ether oxygens (including phenoxy) is 1. The number of nitrogens with zero attached hydrogens (tertiary/aromatic N) is 5. The Hall–Kier alpha value is -3.24. The molecule has 1 fully saturated rings. The van der Waals surface area contributed by atoms with Crippen LogP contribution in [-0.4, -0.2) is 61.0 Å². The third-order valence-electron chi connectivity index (χ3n) is 5.70. The Balaban J connectivity index is 1.46. The number of piperazine rings is 1. The first-order chi connectivity index (χ1) is 15.8. The van der Waals surface area contributed by atoms with Crippen molar-refractivity contribution >= 4 is 27.5 Å². The summed E-state index contributed by atoms with van der Waals surface area (Å²) < 4.78 is 33.5. The number of aryl methyl sites for hydroxylation is 3. The van der Waals surface area contributed by atoms with E-state index in [9.17, 15) is 8.42 Å². The van der Waals surface area contributed by atoms with Gasteiger partial charge in [0.2, 0.25) is 10.0 Å². The molecule has 2 aromatic heterocycles. The number of nitrogens with one attached hydrogen (secondary N) is 1. The van der Waals surface area contributed by atoms with Crippen LogP contribution in [0.4, 0.5) is 17.5 Å². The lowest BCUT2D eigenvalue weighted by Crippen LogP contribution is -2.49. The number of anilines is 3. The number of pyridine rings is 1. The second kappa shape index (κ2) is 9.32. The molecule has 1 aliphatic rings. The van der Waals surface area contributed by atoms with Gasteiger partial charge in [0.05, 0.1) is 12.0 Å². The van der Waals surface area contributed by atoms with Gasteiger partial charge in [-0.1, -0.05) is 0 Å². The van der Waals surface area contributed by atoms with Gasteiger partial charge in [0, 0.05) is 38.4 Å². The minimum Gasteiger partial charge on any atom is -0.496 e. The maximum atomic E-state index is 13.3. The third kappa shape index (κ3) is 4.91. The van der Waals surface area contributed by atoms with Crippen molar-refractivity contribution in [2.24, 2.45) is 0 Å². The van der Waals surface area contributed by atoms with E-state index in [1.54, 1.807) is 32.4 Å². The SMILES string of the molecule is COc1cc(C)c(S(=O)(=O)N2CCN(c3cc(Nc4cc(C)ccn4)ncn3)CC2)cc1C. The van der Waals surface area contributed by atoms with Crippen molar-refractivity contribution in [3.63, 3.8) is 0 Å². The number of methoxy groups -OCH3 is 1. The molecule has 0 radical (unpaired) electrons. The fourth-order valence-corrected chi connectivity index (χ4v) is 5.60. The molecule has 174 valence electrons. The zero-order chi connectivity index (χ0) is 23.6. The highest BCUT2D eigenvalue weighted by Gasteiger charge is 2.30. The van der Waals surface area contributed by atoms with E-state index < -0.39 is 10.0 Å². The molecular weight excluding hydrogens is 440 g/mol. The molecule has 1 saturated heterocycles. The Morgan fingerprint density at radius 2 is 1.64 bits per heavy atom. The van der Waals surface area contributed by atoms with E-state index in [0.717, 1.165) is 16.9 Å². The van der Waals surface area contributed by atoms with Gasteiger partial charge in [-0.05, 0) is 61.7 Å². The van der Waals surface area contributed by atoms with Crippen LogP contribution in [0.5, 0.6) is 5.75 Å². The Morgan fingerprint density at radius 1 is 0.909 bits per heavy atom. The minimum absolute atomic E-state index is 0.327. The predicted molar refractivity (Wildman–Crippen MR) is 128 cm³/mol. The highest BCUT2D eigenvalue weighted by atomic mass is 32.2. The molecule has 1 aliphatic heterocycles. The summed E-state index contributed by atoms with van der Waals surface area (Å²) >= 11 is 0. The van der Waals surface area contributed by atoms with E-state index in [2.05, 4.69) is 25.2 Å². The molecule has 3 heterocycles. The van der Waals surface area contributed by atoms with Crippen molar-refractivity contribution in [2.45, 2.75) is 25.7 Å². The molecule has 0 amide bonds. The summed E-state index contributed by atoms with van der Waals surface area (Å²) in [4.78, 5) is 15.4. The highest BCUT2D eigenvalue weighted by Crippen LogP contribution is 2.29. The molecule has 1 N–H and O–H groups in total. The van der Waals surface area contributed by atoms with Gasteiger partial charge in [0.25, 0.3) is 0 Å². The number of hydrogen-bond donors (Lipinski definition) is 1. The van der Waals surface area contributed by atoms with Crippen LogP contribution in [0.15, 0.2) is 47.8 Å². The zero-order valence-electron chi connectivity index (χ0n) is 19.2. The van der Waals surface area contributed by atoms with Crippen LogP contribution in [0, 0.1) is 20.8 Å². The Labute approximate surface area is 194 Å². The monoisotopic (exact) mass is 468 g/mol. The van der Waals surface area contributed by atoms with Crippen molar-refractivity contribution in [3.05, 3.63) is 59.5 Å². The van der Waals surface area contributed by atoms with Crippen LogP contribution in [-0.2, 0) is 10.0 Å². The van der Waals surface area contributed by atoms with Gasteiger partial charge in [-0.3, -0.25) is 0 Å². The lowest BCUT2D eigenvalue weighted by atomic mass is 10.1. The summed E-state index contributed by atoms with van der Waals surface area (Å²) in [7, 11) is -2.02. The average molecular weight is 469 g/mol. The molecule has 0 aliphatic carbocycles. The average Bonchev–Trinajstić information content (AvgIpc) is 2.80. The fourth-order valence-electron chi connectivity index (χ4n) is 3.88. The van der Waals surface area contributed by atoms with E-state index in [0.29, 0.717) is 54.0 Å². The standard InChI is InChI=1S/C23H28N6O3S/c1-16-5-6-24-21(11-16)27-22-14-23(26-15-25-22)28-7-9-29(10-8-28)33(30,31)20-13-17(2)19(32-4)12-18(20)3/h5-6,11-15H,7-10H2,1-4H3,(H,24,25,26,27). The van der Waals surface area contributed by atoms with Gasteiger partial charge in [0.15, 0.2) is 0 Å². The van der Waals surface area contributed by atoms with Gasteiger partial charge in [-0.15, -0.1) is 0 Å². The van der Waals surface area contributed by atoms with Crippen LogP contribution >= 0.6 is 0 Å². The summed E-state index contributed by atoms with van der Waals surface area (Å²) in [6.07, 6.45) is 3.24. The molecule has 9 nitrogen and oxygen atoms in total. The number of sulfonamides is 1. The maximum Gasteiger partial charge on any atom is 0.243 e. The van der Waals surface area contributed by atoms with Gasteiger partial charge in [0.1, 0.15) is 29.5 Å². The number of hydrogen-bond acceptors (Lipinski definition) is 8. The second-order valence-corrected chi connectivity index (χ2v) is 9.99. The highest BCUT2D eigenvalue weighted by molar-refractivity contribution is 7.89. The normalized spacial score (nSPS) is 14.8. The zero-order valence-corrected chi connectivity index (χ0v) is 20.1. The van der Waals surface area contributed by atoms with Crippen LogP contribution in [0.2, 0.25) is 0 Å². The van der Waals surface area contributed by atoms with Crippen molar-refractivity contribution in [1.82, 2.24) is 19.3 Å². The maximum absolute atomic E-state index is 13.3. The third-order valence-corrected chi connectivity index (χ3v) is 7.74. The van der Waals surface area contributed by atoms with Crippen molar-refractivity contribution in [1.29, 1.82) is 0 Å². The van der Waals surface area contributed by atoms with E-state index >= 15 is 0 Å². The number of rotatable bonds is 6. The fraction of sp³-hybridized carbons (Fsp3) is 0.348. The molecule has 4 rings (SSSR count). The lowest BCUT2D eigenvalue weighted by molar-refractivity contribution is 0.383. The van der Waals surface area contributed by atoms with Gasteiger partial charge in [-0.25, -0.2) is 23.4 Å². The summed E-state index contributed by atoms with van der Waals surface area (Å²) in [6, 6.07) is 9.19. The summed E-state index contributed by atoms with van der Waals surface area (Å²) in [5, 5.41) is 3.19. The van der Waals surface area contributed by atoms with E-state index in [-0.39, 0.29) is 0 Å². The molecule has 0 unspecified atom stereocenters. The van der Waals surface area contributed by atoms with Crippen molar-refractivity contribution < 1.29 is 13.2 Å². The van der Waals surface area contributed by atoms with E-state index in [1.807, 2.05) is 32.0 Å². The van der Waals surface area contributed by atoms with E-state index in [1.165, 1.54) is 10.6 Å². The molecule has 0 saturated carbocycles. The molecule has 3 aromatic rings. The lowest BCUT2D eigenvalue weighted by Gasteiger charge is -2.35. The van der Waals surface area contributed by atoms with Gasteiger partial charge < -0.3 is 15.0 Å². The molecule has 1 aromatic carbocycles. The van der Waals surface area contributed by atoms with Crippen molar-refractivity contribution in [3.8, 4) is 5.75 Å². The molecule has 10 heteroatoms. The first-order valence-corrected chi connectivity index (χ1v) is 12.1. The van der Waals surface area contributed by atoms with E-state index in [4.69, 9.17) is 4.74 Å². The summed E-state index contributed by atoms with van der Waals surface area (Å²) in [5.74, 6) is 2.78. The Bertz CT molecular complexity index is 1260. The van der Waals surface area contributed by atoms with Gasteiger partial charge in [-0.2, -0.15) is 4.31 Å². The predicted octanol–water partition coefficient (Wildman–Crippen LogP) is 3.06. The molecule has 0 atom stereocenters. The quantitative estimate of drug-likeness (QED) is 0.589. The van der Waals surface area contributed by atoms with Crippen LogP contribution in [0.3, 0.4) is 0 Å². The number of aromatic nitrogens is 3. The largest absolute Gasteiger partial charge is 0.496 e. The van der Waals surface area contributed by atoms with Gasteiger partial charge >= 0.3 is 0 Å². The summed E-state index contributed by atoms with van der Waals surface area (Å²) in [6.45, 7) is 7.46. The molecule has 33 heavy (non-hydrogen) atoms. The Morgan fingerprint density at radius 3 is 2.33 bits per heavy atom. The molecule has 0 spiro atoms. The molecule has 0 bridgehead atoms. The minimum atomic E-state index is -3.60. The van der Waals surface area contributed by atoms with Crippen LogP contribution < -0.4 is 15.0 Å². The Kier molecular flexibility index (Phi) is 6.48. The first kappa shape index (κ1) is 22.9.